The first kappa shape index (κ1) is 25.5. The highest BCUT2D eigenvalue weighted by Crippen LogP contribution is 2.52. The third-order valence-electron chi connectivity index (χ3n) is 8.09. The Morgan fingerprint density at radius 2 is 1.66 bits per heavy atom. The number of fused-ring (bicyclic) bond motifs is 5. The highest BCUT2D eigenvalue weighted by Gasteiger charge is 2.58. The molecular weight excluding hydrogens is 517 g/mol. The van der Waals surface area contributed by atoms with Crippen molar-refractivity contribution in [1.29, 1.82) is 0 Å². The molecule has 2 amide bonds. The maximum Gasteiger partial charge on any atom is 0.233 e. The summed E-state index contributed by atoms with van der Waals surface area (Å²) in [4.78, 5) is 34.1. The summed E-state index contributed by atoms with van der Waals surface area (Å²) < 4.78 is 0. The van der Waals surface area contributed by atoms with Crippen molar-refractivity contribution in [3.63, 3.8) is 0 Å². The minimum Gasteiger partial charge on any atom is -0.355 e. The van der Waals surface area contributed by atoms with Crippen LogP contribution in [-0.2, 0) is 9.59 Å². The molecule has 3 fully saturated rings. The smallest absolute Gasteiger partial charge is 0.233 e. The molecule has 4 rings (SSSR count). The fourth-order valence-corrected chi connectivity index (χ4v) is 6.39. The Kier molecular flexibility index (Phi) is 9.00. The maximum atomic E-state index is 12.8. The van der Waals surface area contributed by atoms with E-state index in [-0.39, 0.29) is 59.5 Å². The number of allylic oxidation sites excluding steroid dienone is 2. The van der Waals surface area contributed by atoms with Crippen molar-refractivity contribution in [3.8, 4) is 0 Å². The number of hydrogen-bond donors (Lipinski definition) is 2. The maximum absolute atomic E-state index is 12.8. The highest BCUT2D eigenvalue weighted by molar-refractivity contribution is 14.0. The molecule has 0 aromatic rings. The van der Waals surface area contributed by atoms with E-state index in [4.69, 9.17) is 0 Å². The molecule has 180 valence electrons. The fraction of sp³-hybridized carbons (Fsp3) is 0.792. The Morgan fingerprint density at radius 1 is 1.06 bits per heavy atom. The summed E-state index contributed by atoms with van der Waals surface area (Å²) >= 11 is 0. The van der Waals surface area contributed by atoms with Crippen LogP contribution < -0.4 is 10.6 Å². The molecule has 5 atom stereocenters. The first-order chi connectivity index (χ1) is 15.1. The summed E-state index contributed by atoms with van der Waals surface area (Å²) in [6.45, 7) is 8.75. The number of imide groups is 1. The van der Waals surface area contributed by atoms with Gasteiger partial charge in [-0.25, -0.2) is 0 Å². The monoisotopic (exact) mass is 557 g/mol. The third-order valence-corrected chi connectivity index (χ3v) is 8.09. The Bertz CT molecular complexity index is 700. The van der Waals surface area contributed by atoms with Gasteiger partial charge < -0.3 is 10.6 Å². The van der Waals surface area contributed by atoms with Gasteiger partial charge in [0.1, 0.15) is 0 Å². The van der Waals surface area contributed by atoms with Gasteiger partial charge in [0.2, 0.25) is 11.8 Å². The normalized spacial score (nSPS) is 30.2. The molecule has 2 aliphatic heterocycles. The summed E-state index contributed by atoms with van der Waals surface area (Å²) in [6.07, 6.45) is 10.2. The topological polar surface area (TPSA) is 77.0 Å². The second kappa shape index (κ2) is 11.3. The van der Waals surface area contributed by atoms with Crippen LogP contribution in [0, 0.1) is 29.6 Å². The van der Waals surface area contributed by atoms with E-state index in [0.29, 0.717) is 25.0 Å². The van der Waals surface area contributed by atoms with E-state index in [1.807, 2.05) is 0 Å². The number of halogens is 1. The van der Waals surface area contributed by atoms with Gasteiger partial charge in [-0.3, -0.25) is 24.4 Å². The van der Waals surface area contributed by atoms with Crippen LogP contribution >= 0.6 is 24.0 Å². The predicted molar refractivity (Wildman–Crippen MR) is 138 cm³/mol. The van der Waals surface area contributed by atoms with Crippen molar-refractivity contribution in [3.05, 3.63) is 12.2 Å². The lowest BCUT2D eigenvalue weighted by atomic mass is 9.85. The highest BCUT2D eigenvalue weighted by atomic mass is 127. The van der Waals surface area contributed by atoms with Gasteiger partial charge in [-0.15, -0.1) is 24.0 Å². The van der Waals surface area contributed by atoms with Gasteiger partial charge in [0.25, 0.3) is 0 Å². The van der Waals surface area contributed by atoms with Crippen LogP contribution in [0.5, 0.6) is 0 Å². The number of nitrogens with one attached hydrogen (secondary N) is 2. The summed E-state index contributed by atoms with van der Waals surface area (Å²) in [7, 11) is 1.78. The Balaban J connectivity index is 0.00000289. The molecule has 2 saturated heterocycles. The van der Waals surface area contributed by atoms with Crippen molar-refractivity contribution in [1.82, 2.24) is 20.4 Å². The number of aliphatic imine (C=N–C) groups is 1. The summed E-state index contributed by atoms with van der Waals surface area (Å²) in [6, 6.07) is 0.514. The number of amides is 2. The number of nitrogens with zero attached hydrogens (tertiary/aromatic N) is 3. The molecule has 7 nitrogen and oxygen atoms in total. The number of likely N-dealkylation sites (tertiary alicyclic amines) is 2. The van der Waals surface area contributed by atoms with Crippen molar-refractivity contribution < 1.29 is 9.59 Å². The lowest BCUT2D eigenvalue weighted by Gasteiger charge is -2.34. The second-order valence-corrected chi connectivity index (χ2v) is 9.59. The molecule has 1 saturated carbocycles. The quantitative estimate of drug-likeness (QED) is 0.150. The second-order valence-electron chi connectivity index (χ2n) is 9.59. The van der Waals surface area contributed by atoms with E-state index in [1.165, 1.54) is 43.7 Å². The molecule has 0 aromatic carbocycles. The molecular formula is C24H40IN5O2. The first-order valence-electron chi connectivity index (χ1n) is 12.3. The van der Waals surface area contributed by atoms with Gasteiger partial charge in [0, 0.05) is 32.7 Å². The summed E-state index contributed by atoms with van der Waals surface area (Å²) in [5.74, 6) is 1.79. The van der Waals surface area contributed by atoms with E-state index in [1.54, 1.807) is 7.05 Å². The largest absolute Gasteiger partial charge is 0.355 e. The van der Waals surface area contributed by atoms with Gasteiger partial charge in [-0.05, 0) is 50.1 Å². The van der Waals surface area contributed by atoms with Crippen LogP contribution in [0.4, 0.5) is 0 Å². The molecule has 0 aromatic heterocycles. The van der Waals surface area contributed by atoms with Crippen LogP contribution in [-0.4, -0.2) is 73.4 Å². The zero-order valence-electron chi connectivity index (χ0n) is 19.8. The first-order valence-corrected chi connectivity index (χ1v) is 12.3. The average Bonchev–Trinajstić information content (AvgIpc) is 3.57. The standard InChI is InChI=1S/C24H39N5O2.HI/c1-4-16(5-2)19(28-11-6-7-12-28)15-27-24(25-3)26-10-13-29-22(30)20-17-8-9-18(14-17)21(20)23(29)31;/h8-9,16-21H,4-7,10-15H2,1-3H3,(H2,25,26,27);1H. The number of rotatable bonds is 9. The molecule has 2 N–H and O–H groups in total. The van der Waals surface area contributed by atoms with Crippen molar-refractivity contribution in [2.24, 2.45) is 34.6 Å². The van der Waals surface area contributed by atoms with Gasteiger partial charge in [0.05, 0.1) is 11.8 Å². The van der Waals surface area contributed by atoms with Gasteiger partial charge in [-0.1, -0.05) is 38.8 Å². The van der Waals surface area contributed by atoms with Crippen LogP contribution in [0.1, 0.15) is 46.0 Å². The Labute approximate surface area is 209 Å². The minimum atomic E-state index is -0.110. The van der Waals surface area contributed by atoms with Gasteiger partial charge >= 0.3 is 0 Å². The van der Waals surface area contributed by atoms with E-state index < -0.39 is 0 Å². The van der Waals surface area contributed by atoms with Crippen LogP contribution in [0.15, 0.2) is 17.1 Å². The number of carbonyl (C=O) groups is 2. The zero-order chi connectivity index (χ0) is 22.0. The molecule has 4 aliphatic rings. The van der Waals surface area contributed by atoms with Crippen LogP contribution in [0.3, 0.4) is 0 Å². The zero-order valence-corrected chi connectivity index (χ0v) is 22.1. The molecule has 32 heavy (non-hydrogen) atoms. The Morgan fingerprint density at radius 3 is 2.19 bits per heavy atom. The molecule has 0 spiro atoms. The molecule has 2 aliphatic carbocycles. The van der Waals surface area contributed by atoms with Crippen LogP contribution in [0.2, 0.25) is 0 Å². The summed E-state index contributed by atoms with van der Waals surface area (Å²) in [5, 5.41) is 6.83. The van der Waals surface area contributed by atoms with Gasteiger partial charge in [-0.2, -0.15) is 0 Å². The lowest BCUT2D eigenvalue weighted by Crippen LogP contribution is -2.50. The number of hydrogen-bond acceptors (Lipinski definition) is 4. The minimum absolute atomic E-state index is 0. The molecule has 2 heterocycles. The molecule has 0 radical (unpaired) electrons. The van der Waals surface area contributed by atoms with Crippen molar-refractivity contribution in [2.45, 2.75) is 52.0 Å². The molecule has 2 bridgehead atoms. The van der Waals surface area contributed by atoms with Crippen LogP contribution in [0.25, 0.3) is 0 Å². The predicted octanol–water partition coefficient (Wildman–Crippen LogP) is 2.48. The fourth-order valence-electron chi connectivity index (χ4n) is 6.39. The molecule has 5 unspecified atom stereocenters. The number of guanidine groups is 1. The summed E-state index contributed by atoms with van der Waals surface area (Å²) in [5.41, 5.74) is 0. The van der Waals surface area contributed by atoms with Gasteiger partial charge in [0.15, 0.2) is 5.96 Å². The number of carbonyl (C=O) groups excluding carboxylic acids is 2. The van der Waals surface area contributed by atoms with E-state index in [9.17, 15) is 9.59 Å². The lowest BCUT2D eigenvalue weighted by molar-refractivity contribution is -0.140. The molecule has 8 heteroatoms. The van der Waals surface area contributed by atoms with E-state index >= 15 is 0 Å². The van der Waals surface area contributed by atoms with E-state index in [0.717, 1.165) is 18.9 Å². The third kappa shape index (κ3) is 4.86. The van der Waals surface area contributed by atoms with Crippen molar-refractivity contribution in [2.75, 3.05) is 39.8 Å². The average molecular weight is 558 g/mol. The van der Waals surface area contributed by atoms with E-state index in [2.05, 4.69) is 46.5 Å². The Hall–Kier alpha value is -1.16. The SMILES string of the molecule is CCC(CC)C(CNC(=NC)NCCN1C(=O)C2C3C=CC(C3)C2C1=O)N1CCCC1.I. The van der Waals surface area contributed by atoms with Crippen molar-refractivity contribution >= 4 is 41.8 Å².